The summed E-state index contributed by atoms with van der Waals surface area (Å²) in [6.07, 6.45) is 3.45. The van der Waals surface area contributed by atoms with Crippen molar-refractivity contribution in [1.82, 2.24) is 19.6 Å². The quantitative estimate of drug-likeness (QED) is 0.778. The molecule has 2 heterocycles. The van der Waals surface area contributed by atoms with Gasteiger partial charge in [-0.1, -0.05) is 32.5 Å². The Balaban J connectivity index is 2.07. The van der Waals surface area contributed by atoms with Crippen LogP contribution >= 0.6 is 11.8 Å². The van der Waals surface area contributed by atoms with Crippen LogP contribution in [0.1, 0.15) is 20.8 Å². The molecule has 0 aliphatic carbocycles. The third-order valence-electron chi connectivity index (χ3n) is 2.27. The number of fused-ring (bicyclic) bond motifs is 1. The molecule has 5 nitrogen and oxygen atoms in total. The highest BCUT2D eigenvalue weighted by Gasteiger charge is 2.21. The molecule has 0 N–H and O–H groups in total. The van der Waals surface area contributed by atoms with Gasteiger partial charge in [-0.3, -0.25) is 4.79 Å². The minimum Gasteiger partial charge on any atom is -0.298 e. The van der Waals surface area contributed by atoms with E-state index in [2.05, 4.69) is 15.1 Å². The zero-order valence-electron chi connectivity index (χ0n) is 10.0. The molecule has 0 bridgehead atoms. The van der Waals surface area contributed by atoms with Gasteiger partial charge >= 0.3 is 0 Å². The van der Waals surface area contributed by atoms with Crippen LogP contribution in [0.15, 0.2) is 23.6 Å². The lowest BCUT2D eigenvalue weighted by Crippen LogP contribution is -2.22. The maximum atomic E-state index is 11.8. The Labute approximate surface area is 104 Å². The highest BCUT2D eigenvalue weighted by Crippen LogP contribution is 2.21. The van der Waals surface area contributed by atoms with E-state index in [4.69, 9.17) is 0 Å². The number of carbonyl (C=O) groups excluding carboxylic acids is 1. The van der Waals surface area contributed by atoms with Crippen molar-refractivity contribution >= 4 is 23.3 Å². The van der Waals surface area contributed by atoms with Crippen LogP contribution in [0.2, 0.25) is 0 Å². The molecular weight excluding hydrogens is 236 g/mol. The van der Waals surface area contributed by atoms with Crippen LogP contribution in [-0.4, -0.2) is 31.1 Å². The Bertz CT molecular complexity index is 511. The van der Waals surface area contributed by atoms with Crippen molar-refractivity contribution in [2.75, 3.05) is 5.75 Å². The molecule has 0 aliphatic heterocycles. The average molecular weight is 250 g/mol. The lowest BCUT2D eigenvalue weighted by molar-refractivity contribution is -0.123. The Kier molecular flexibility index (Phi) is 3.15. The molecule has 0 saturated heterocycles. The Hall–Kier alpha value is -1.43. The summed E-state index contributed by atoms with van der Waals surface area (Å²) in [7, 11) is 0. The number of carbonyl (C=O) groups is 1. The summed E-state index contributed by atoms with van der Waals surface area (Å²) in [5.74, 6) is 1.13. The molecular formula is C11H14N4OS. The van der Waals surface area contributed by atoms with Crippen molar-refractivity contribution in [1.29, 1.82) is 0 Å². The van der Waals surface area contributed by atoms with Gasteiger partial charge in [0.2, 0.25) is 5.16 Å². The molecule has 0 amide bonds. The Morgan fingerprint density at radius 1 is 1.47 bits per heavy atom. The molecule has 0 saturated carbocycles. The van der Waals surface area contributed by atoms with Gasteiger partial charge in [-0.05, 0) is 6.07 Å². The van der Waals surface area contributed by atoms with Crippen molar-refractivity contribution < 1.29 is 4.79 Å². The highest BCUT2D eigenvalue weighted by atomic mass is 32.2. The van der Waals surface area contributed by atoms with Crippen molar-refractivity contribution in [3.63, 3.8) is 0 Å². The zero-order chi connectivity index (χ0) is 12.5. The van der Waals surface area contributed by atoms with Crippen molar-refractivity contribution in [3.8, 4) is 0 Å². The van der Waals surface area contributed by atoms with E-state index in [0.717, 1.165) is 0 Å². The number of thioether (sulfide) groups is 1. The van der Waals surface area contributed by atoms with Crippen LogP contribution in [0, 0.1) is 5.41 Å². The van der Waals surface area contributed by atoms with Gasteiger partial charge in [-0.25, -0.2) is 9.50 Å². The van der Waals surface area contributed by atoms with Gasteiger partial charge in [0.05, 0.1) is 5.75 Å². The maximum Gasteiger partial charge on any atom is 0.253 e. The lowest BCUT2D eigenvalue weighted by atomic mass is 9.92. The number of aromatic nitrogens is 4. The van der Waals surface area contributed by atoms with Crippen LogP contribution < -0.4 is 0 Å². The van der Waals surface area contributed by atoms with E-state index >= 15 is 0 Å². The molecule has 0 unspecified atom stereocenters. The van der Waals surface area contributed by atoms with Crippen LogP contribution in [0.25, 0.3) is 5.78 Å². The molecule has 0 atom stereocenters. The fraction of sp³-hybridized carbons (Fsp3) is 0.455. The summed E-state index contributed by atoms with van der Waals surface area (Å²) in [5, 5.41) is 4.81. The SMILES string of the molecule is CC(C)(C)C(=O)CSc1nc2ncccn2n1. The third kappa shape index (κ3) is 2.82. The molecule has 0 aromatic carbocycles. The second-order valence-electron chi connectivity index (χ2n) is 4.72. The molecule has 2 aromatic heterocycles. The standard InChI is InChI=1S/C11H14N4OS/c1-11(2,3)8(16)7-17-10-13-9-12-5-4-6-15(9)14-10/h4-6H,7H2,1-3H3. The second-order valence-corrected chi connectivity index (χ2v) is 5.66. The topological polar surface area (TPSA) is 60.2 Å². The van der Waals surface area contributed by atoms with Crippen LogP contribution in [-0.2, 0) is 4.79 Å². The van der Waals surface area contributed by atoms with Gasteiger partial charge in [0.25, 0.3) is 5.78 Å². The molecule has 0 spiro atoms. The van der Waals surface area contributed by atoms with E-state index < -0.39 is 0 Å². The predicted molar refractivity (Wildman–Crippen MR) is 66.0 cm³/mol. The number of Topliss-reactive ketones (excluding diaryl/α,β-unsaturated/α-hetero) is 1. The number of hydrogen-bond acceptors (Lipinski definition) is 5. The van der Waals surface area contributed by atoms with Crippen LogP contribution in [0.3, 0.4) is 0 Å². The van der Waals surface area contributed by atoms with Crippen LogP contribution in [0.5, 0.6) is 0 Å². The number of nitrogens with zero attached hydrogens (tertiary/aromatic N) is 4. The monoisotopic (exact) mass is 250 g/mol. The number of hydrogen-bond donors (Lipinski definition) is 0. The van der Waals surface area contributed by atoms with Crippen molar-refractivity contribution in [2.24, 2.45) is 5.41 Å². The third-order valence-corrected chi connectivity index (χ3v) is 3.10. The molecule has 17 heavy (non-hydrogen) atoms. The molecule has 0 fully saturated rings. The molecule has 2 rings (SSSR count). The first kappa shape index (κ1) is 12.0. The van der Waals surface area contributed by atoms with E-state index in [-0.39, 0.29) is 11.2 Å². The number of ketones is 1. The summed E-state index contributed by atoms with van der Waals surface area (Å²) in [6.45, 7) is 5.73. The van der Waals surface area contributed by atoms with Crippen molar-refractivity contribution in [2.45, 2.75) is 25.9 Å². The summed E-state index contributed by atoms with van der Waals surface area (Å²) in [5.41, 5.74) is -0.315. The minimum absolute atomic E-state index is 0.189. The van der Waals surface area contributed by atoms with E-state index in [0.29, 0.717) is 16.7 Å². The van der Waals surface area contributed by atoms with Gasteiger partial charge in [-0.15, -0.1) is 5.10 Å². The minimum atomic E-state index is -0.315. The summed E-state index contributed by atoms with van der Waals surface area (Å²) >= 11 is 1.35. The molecule has 0 radical (unpaired) electrons. The first-order chi connectivity index (χ1) is 7.97. The number of rotatable bonds is 3. The first-order valence-electron chi connectivity index (χ1n) is 5.30. The largest absolute Gasteiger partial charge is 0.298 e. The maximum absolute atomic E-state index is 11.8. The molecule has 0 aliphatic rings. The van der Waals surface area contributed by atoms with E-state index in [1.54, 1.807) is 23.0 Å². The van der Waals surface area contributed by atoms with Gasteiger partial charge in [0, 0.05) is 17.8 Å². The molecule has 6 heteroatoms. The lowest BCUT2D eigenvalue weighted by Gasteiger charge is -2.14. The Morgan fingerprint density at radius 3 is 2.88 bits per heavy atom. The second kappa shape index (κ2) is 4.44. The van der Waals surface area contributed by atoms with E-state index in [1.165, 1.54) is 11.8 Å². The first-order valence-corrected chi connectivity index (χ1v) is 6.29. The fourth-order valence-corrected chi connectivity index (χ4v) is 2.11. The van der Waals surface area contributed by atoms with Gasteiger partial charge in [0.1, 0.15) is 5.78 Å². The summed E-state index contributed by atoms with van der Waals surface area (Å²) in [4.78, 5) is 20.0. The van der Waals surface area contributed by atoms with E-state index in [9.17, 15) is 4.79 Å². The van der Waals surface area contributed by atoms with E-state index in [1.807, 2.05) is 20.8 Å². The average Bonchev–Trinajstić information content (AvgIpc) is 2.66. The normalized spacial score (nSPS) is 11.9. The molecule has 90 valence electrons. The molecule has 2 aromatic rings. The van der Waals surface area contributed by atoms with Gasteiger partial charge in [0.15, 0.2) is 0 Å². The van der Waals surface area contributed by atoms with Crippen molar-refractivity contribution in [3.05, 3.63) is 18.5 Å². The smallest absolute Gasteiger partial charge is 0.253 e. The Morgan fingerprint density at radius 2 is 2.24 bits per heavy atom. The highest BCUT2D eigenvalue weighted by molar-refractivity contribution is 7.99. The zero-order valence-corrected chi connectivity index (χ0v) is 10.9. The summed E-state index contributed by atoms with van der Waals surface area (Å²) in [6, 6.07) is 1.79. The van der Waals surface area contributed by atoms with Gasteiger partial charge < -0.3 is 0 Å². The summed E-state index contributed by atoms with van der Waals surface area (Å²) < 4.78 is 1.60. The van der Waals surface area contributed by atoms with Gasteiger partial charge in [-0.2, -0.15) is 4.98 Å². The van der Waals surface area contributed by atoms with Crippen LogP contribution in [0.4, 0.5) is 0 Å². The fourth-order valence-electron chi connectivity index (χ4n) is 1.12. The predicted octanol–water partition coefficient (Wildman–Crippen LogP) is 1.83.